The van der Waals surface area contributed by atoms with Crippen LogP contribution in [0, 0.1) is 6.92 Å². The molecule has 0 amide bonds. The molecule has 1 N–H and O–H groups in total. The predicted octanol–water partition coefficient (Wildman–Crippen LogP) is 2.03. The largest absolute Gasteiger partial charge is 0.269 e. The molecule has 0 fully saturated rings. The molecule has 0 aromatic carbocycles. The van der Waals surface area contributed by atoms with Crippen molar-refractivity contribution in [1.29, 1.82) is 0 Å². The molecule has 2 rings (SSSR count). The summed E-state index contributed by atoms with van der Waals surface area (Å²) in [4.78, 5) is 0.155. The maximum Gasteiger partial charge on any atom is 0.265 e. The first kappa shape index (κ1) is 13.0. The first-order chi connectivity index (χ1) is 8.38. The molecule has 0 saturated carbocycles. The van der Waals surface area contributed by atoms with Gasteiger partial charge in [0.25, 0.3) is 10.0 Å². The van der Waals surface area contributed by atoms with E-state index < -0.39 is 10.0 Å². The Bertz CT molecular complexity index is 642. The van der Waals surface area contributed by atoms with Crippen molar-refractivity contribution in [3.8, 4) is 0 Å². The molecule has 18 heavy (non-hydrogen) atoms. The van der Waals surface area contributed by atoms with Gasteiger partial charge in [-0.1, -0.05) is 0 Å². The van der Waals surface area contributed by atoms with Gasteiger partial charge >= 0.3 is 0 Å². The molecule has 0 aliphatic carbocycles. The van der Waals surface area contributed by atoms with E-state index in [0.717, 1.165) is 17.2 Å². The summed E-state index contributed by atoms with van der Waals surface area (Å²) < 4.78 is 32.2. The highest BCUT2D eigenvalue weighted by Crippen LogP contribution is 2.20. The summed E-state index contributed by atoms with van der Waals surface area (Å²) in [6.45, 7) is 5.68. The van der Waals surface area contributed by atoms with Crippen LogP contribution in [-0.2, 0) is 10.0 Å². The van der Waals surface area contributed by atoms with Crippen LogP contribution in [0.15, 0.2) is 23.4 Å². The highest BCUT2D eigenvalue weighted by molar-refractivity contribution is 7.93. The Kier molecular flexibility index (Phi) is 3.40. The minimum absolute atomic E-state index is 0.125. The molecule has 0 atom stereocenters. The monoisotopic (exact) mass is 286 g/mol. The number of rotatable bonds is 4. The first-order valence-corrected chi connectivity index (χ1v) is 7.64. The number of anilines is 1. The number of nitrogens with zero attached hydrogens (tertiary/aromatic N) is 3. The Hall–Kier alpha value is -1.41. The Morgan fingerprint density at radius 1 is 1.44 bits per heavy atom. The summed E-state index contributed by atoms with van der Waals surface area (Å²) >= 11 is 1.12. The highest BCUT2D eigenvalue weighted by Gasteiger charge is 2.18. The van der Waals surface area contributed by atoms with Crippen LogP contribution in [0.3, 0.4) is 0 Å². The SMILES string of the molecule is Cc1cc(NS(=O)(=O)c2cnn(C(C)C)c2)sn1. The third-order valence-corrected chi connectivity index (χ3v) is 4.53. The molecule has 0 aliphatic heterocycles. The van der Waals surface area contributed by atoms with E-state index in [1.54, 1.807) is 10.7 Å². The maximum absolute atomic E-state index is 12.1. The van der Waals surface area contributed by atoms with Gasteiger partial charge in [-0.2, -0.15) is 9.47 Å². The topological polar surface area (TPSA) is 76.9 Å². The third-order valence-electron chi connectivity index (χ3n) is 2.28. The smallest absolute Gasteiger partial charge is 0.265 e. The number of nitrogens with one attached hydrogen (secondary N) is 1. The molecule has 0 radical (unpaired) electrons. The van der Waals surface area contributed by atoms with E-state index in [0.29, 0.717) is 5.00 Å². The standard InChI is InChI=1S/C10H14N4O2S2/c1-7(2)14-6-9(5-11-14)18(15,16)13-10-4-8(3)12-17-10/h4-7,13H,1-3H3. The molecule has 8 heteroatoms. The predicted molar refractivity (Wildman–Crippen MR) is 70.3 cm³/mol. The fourth-order valence-electron chi connectivity index (χ4n) is 1.34. The van der Waals surface area contributed by atoms with E-state index in [1.807, 2.05) is 20.8 Å². The second-order valence-corrected chi connectivity index (χ2v) is 6.68. The van der Waals surface area contributed by atoms with Gasteiger partial charge in [-0.05, 0) is 38.4 Å². The number of hydrogen-bond acceptors (Lipinski definition) is 5. The van der Waals surface area contributed by atoms with E-state index in [2.05, 4.69) is 14.2 Å². The quantitative estimate of drug-likeness (QED) is 0.933. The van der Waals surface area contributed by atoms with Crippen LogP contribution in [0.5, 0.6) is 0 Å². The number of aromatic nitrogens is 3. The van der Waals surface area contributed by atoms with Gasteiger partial charge in [0.1, 0.15) is 9.90 Å². The summed E-state index contributed by atoms with van der Waals surface area (Å²) in [5.41, 5.74) is 0.788. The lowest BCUT2D eigenvalue weighted by atomic mass is 10.4. The fourth-order valence-corrected chi connectivity index (χ4v) is 3.22. The van der Waals surface area contributed by atoms with E-state index in [9.17, 15) is 8.42 Å². The van der Waals surface area contributed by atoms with Gasteiger partial charge in [-0.15, -0.1) is 0 Å². The van der Waals surface area contributed by atoms with Gasteiger partial charge in [0, 0.05) is 12.2 Å². The summed E-state index contributed by atoms with van der Waals surface area (Å²) in [7, 11) is -3.58. The van der Waals surface area contributed by atoms with Crippen LogP contribution in [0.2, 0.25) is 0 Å². The fraction of sp³-hybridized carbons (Fsp3) is 0.400. The van der Waals surface area contributed by atoms with Crippen LogP contribution in [0.4, 0.5) is 5.00 Å². The molecule has 0 unspecified atom stereocenters. The summed E-state index contributed by atoms with van der Waals surface area (Å²) in [6, 6.07) is 1.81. The van der Waals surface area contributed by atoms with Crippen LogP contribution >= 0.6 is 11.5 Å². The van der Waals surface area contributed by atoms with Crippen molar-refractivity contribution in [3.63, 3.8) is 0 Å². The Morgan fingerprint density at radius 3 is 2.67 bits per heavy atom. The molecule has 0 bridgehead atoms. The third kappa shape index (κ3) is 2.70. The van der Waals surface area contributed by atoms with Gasteiger partial charge in [0.2, 0.25) is 0 Å². The molecular formula is C10H14N4O2S2. The van der Waals surface area contributed by atoms with Crippen LogP contribution in [0.1, 0.15) is 25.6 Å². The van der Waals surface area contributed by atoms with Crippen molar-refractivity contribution >= 4 is 26.6 Å². The lowest BCUT2D eigenvalue weighted by molar-refractivity contribution is 0.531. The average Bonchev–Trinajstić information content (AvgIpc) is 2.86. The molecule has 6 nitrogen and oxygen atoms in total. The Morgan fingerprint density at radius 2 is 2.17 bits per heavy atom. The van der Waals surface area contributed by atoms with E-state index in [4.69, 9.17) is 0 Å². The second-order valence-electron chi connectivity index (χ2n) is 4.19. The average molecular weight is 286 g/mol. The van der Waals surface area contributed by atoms with Crippen LogP contribution < -0.4 is 4.72 Å². The van der Waals surface area contributed by atoms with Crippen molar-refractivity contribution in [1.82, 2.24) is 14.2 Å². The minimum Gasteiger partial charge on any atom is -0.269 e. The summed E-state index contributed by atoms with van der Waals surface area (Å²) in [6.07, 6.45) is 2.86. The molecule has 98 valence electrons. The van der Waals surface area contributed by atoms with Crippen LogP contribution in [-0.4, -0.2) is 22.6 Å². The van der Waals surface area contributed by atoms with Gasteiger partial charge < -0.3 is 0 Å². The van der Waals surface area contributed by atoms with Crippen molar-refractivity contribution in [2.75, 3.05) is 4.72 Å². The number of aryl methyl sites for hydroxylation is 1. The molecular weight excluding hydrogens is 272 g/mol. The maximum atomic E-state index is 12.1. The van der Waals surface area contributed by atoms with Crippen molar-refractivity contribution in [2.24, 2.45) is 0 Å². The van der Waals surface area contributed by atoms with E-state index >= 15 is 0 Å². The lowest BCUT2D eigenvalue weighted by Crippen LogP contribution is -2.11. The molecule has 0 aliphatic rings. The zero-order valence-corrected chi connectivity index (χ0v) is 11.9. The zero-order valence-electron chi connectivity index (χ0n) is 10.3. The van der Waals surface area contributed by atoms with Crippen LogP contribution in [0.25, 0.3) is 0 Å². The van der Waals surface area contributed by atoms with Crippen molar-refractivity contribution in [3.05, 3.63) is 24.2 Å². The second kappa shape index (κ2) is 4.69. The zero-order chi connectivity index (χ0) is 13.3. The van der Waals surface area contributed by atoms with Gasteiger partial charge in [-0.25, -0.2) is 8.42 Å². The van der Waals surface area contributed by atoms with Gasteiger partial charge in [0.05, 0.1) is 11.9 Å². The highest BCUT2D eigenvalue weighted by atomic mass is 32.2. The Balaban J connectivity index is 2.25. The minimum atomic E-state index is -3.58. The molecule has 0 spiro atoms. The lowest BCUT2D eigenvalue weighted by Gasteiger charge is -2.04. The summed E-state index contributed by atoms with van der Waals surface area (Å²) in [5.74, 6) is 0. The molecule has 2 heterocycles. The van der Waals surface area contributed by atoms with Crippen molar-refractivity contribution < 1.29 is 8.42 Å². The van der Waals surface area contributed by atoms with E-state index in [1.165, 1.54) is 12.4 Å². The normalized spacial score (nSPS) is 12.0. The van der Waals surface area contributed by atoms with E-state index in [-0.39, 0.29) is 10.9 Å². The summed E-state index contributed by atoms with van der Waals surface area (Å²) in [5, 5.41) is 4.52. The molecule has 2 aromatic rings. The molecule has 0 saturated heterocycles. The molecule has 2 aromatic heterocycles. The Labute approximate surface area is 110 Å². The van der Waals surface area contributed by atoms with Crippen molar-refractivity contribution in [2.45, 2.75) is 31.7 Å². The first-order valence-electron chi connectivity index (χ1n) is 5.39. The van der Waals surface area contributed by atoms with Gasteiger partial charge in [0.15, 0.2) is 0 Å². The number of hydrogen-bond donors (Lipinski definition) is 1. The number of sulfonamides is 1. The van der Waals surface area contributed by atoms with Gasteiger partial charge in [-0.3, -0.25) is 9.40 Å².